The zero-order valence-electron chi connectivity index (χ0n) is 28.7. The van der Waals surface area contributed by atoms with E-state index in [2.05, 4.69) is 29.4 Å². The van der Waals surface area contributed by atoms with Crippen molar-refractivity contribution in [2.75, 3.05) is 6.61 Å². The lowest BCUT2D eigenvalue weighted by Crippen LogP contribution is -2.31. The first-order valence-corrected chi connectivity index (χ1v) is 17.8. The molecule has 1 aromatic heterocycles. The molecule has 0 fully saturated rings. The summed E-state index contributed by atoms with van der Waals surface area (Å²) in [5, 5.41) is 25.0. The lowest BCUT2D eigenvalue weighted by Gasteiger charge is -2.35. The fourth-order valence-electron chi connectivity index (χ4n) is 7.20. The summed E-state index contributed by atoms with van der Waals surface area (Å²) in [6, 6.07) is 16.8. The minimum absolute atomic E-state index is 0.0412. The maximum absolute atomic E-state index is 13.9. The molecule has 260 valence electrons. The van der Waals surface area contributed by atoms with Crippen LogP contribution in [-0.2, 0) is 24.1 Å². The number of nitrogens with one attached hydrogen (secondary N) is 2. The molecule has 8 nitrogen and oxygen atoms in total. The van der Waals surface area contributed by atoms with E-state index in [1.54, 1.807) is 42.7 Å². The molecule has 0 bridgehead atoms. The van der Waals surface area contributed by atoms with Gasteiger partial charge in [0.15, 0.2) is 23.1 Å². The Balaban J connectivity index is 1.19. The molecule has 2 aliphatic rings. The van der Waals surface area contributed by atoms with Gasteiger partial charge in [-0.05, 0) is 108 Å². The number of aromatic hydroxyl groups is 2. The van der Waals surface area contributed by atoms with E-state index in [-0.39, 0.29) is 47.7 Å². The molecule has 50 heavy (non-hydrogen) atoms. The van der Waals surface area contributed by atoms with E-state index < -0.39 is 0 Å². The number of phenols is 2. The minimum atomic E-state index is -0.365. The Bertz CT molecular complexity index is 1880. The Hall–Kier alpha value is -5.08. The summed E-state index contributed by atoms with van der Waals surface area (Å²) < 4.78 is 6.05. The Morgan fingerprint density at radius 2 is 1.78 bits per heavy atom. The largest absolute Gasteiger partial charge is 0.508 e. The molecule has 3 atom stereocenters. The summed E-state index contributed by atoms with van der Waals surface area (Å²) in [6.45, 7) is 2.45. The van der Waals surface area contributed by atoms with Crippen molar-refractivity contribution < 1.29 is 24.5 Å². The van der Waals surface area contributed by atoms with Gasteiger partial charge in [0.1, 0.15) is 11.9 Å². The Morgan fingerprint density at radius 1 is 0.960 bits per heavy atom. The third-order valence-corrected chi connectivity index (χ3v) is 9.94. The monoisotopic (exact) mass is 673 g/mol. The van der Waals surface area contributed by atoms with Crippen LogP contribution in [0.1, 0.15) is 107 Å². The molecule has 8 heteroatoms. The molecule has 0 radical (unpaired) electrons. The first-order valence-electron chi connectivity index (χ1n) is 17.8. The van der Waals surface area contributed by atoms with E-state index in [9.17, 15) is 19.8 Å². The molecule has 2 heterocycles. The molecule has 0 amide bonds. The van der Waals surface area contributed by atoms with Crippen LogP contribution in [-0.4, -0.2) is 33.4 Å². The molecular formula is C42H47N3O5. The molecule has 0 saturated heterocycles. The molecule has 0 saturated carbocycles. The number of hydrogen-bond acceptors (Lipinski definition) is 7. The van der Waals surface area contributed by atoms with Gasteiger partial charge in [0.2, 0.25) is 0 Å². The fraction of sp³-hybridized carbons (Fsp3) is 0.333. The number of benzene rings is 3. The lowest BCUT2D eigenvalue weighted by atomic mass is 9.68. The highest BCUT2D eigenvalue weighted by Crippen LogP contribution is 2.47. The molecule has 1 aliphatic heterocycles. The quantitative estimate of drug-likeness (QED) is 0.0493. The van der Waals surface area contributed by atoms with Crippen LogP contribution in [0.25, 0.3) is 6.08 Å². The van der Waals surface area contributed by atoms with Gasteiger partial charge >= 0.3 is 0 Å². The van der Waals surface area contributed by atoms with Gasteiger partial charge in [0.05, 0.1) is 6.61 Å². The second-order valence-corrected chi connectivity index (χ2v) is 13.4. The molecule has 6 rings (SSSR count). The van der Waals surface area contributed by atoms with E-state index >= 15 is 0 Å². The van der Waals surface area contributed by atoms with Crippen LogP contribution in [0.15, 0.2) is 85.3 Å². The van der Waals surface area contributed by atoms with E-state index in [0.29, 0.717) is 42.6 Å². The molecule has 6 N–H and O–H groups in total. The summed E-state index contributed by atoms with van der Waals surface area (Å²) in [5.74, 6) is -0.0386. The van der Waals surface area contributed by atoms with Crippen LogP contribution in [0.3, 0.4) is 0 Å². The highest BCUT2D eigenvalue weighted by Gasteiger charge is 2.38. The van der Waals surface area contributed by atoms with Crippen molar-refractivity contribution in [3.8, 4) is 17.2 Å². The van der Waals surface area contributed by atoms with Gasteiger partial charge in [-0.3, -0.25) is 9.59 Å². The Kier molecular flexibility index (Phi) is 11.2. The number of phenolic OH excluding ortho intramolecular Hbond substituents is 2. The standard InChI is InChI=1S/C42H47N3O5/c1-2-3-4-5-6-7-32(46)12-8-27-10-15-38(48)39(23-27)50-21-18-28-9-14-37(47)36(22-28)40-33(41(49)31-16-19-44-26-31)13-11-29-25-35-30(24-34(29)40)17-20-45-42(35)43/h6-7,9-10,14-17,19-20,22-26,33,40,42,44-45,47-48H,2-5,8,11-13,18,21,43H2,1H3/b7-6+/t33-,40+,42-/m0/s1. The van der Waals surface area contributed by atoms with Gasteiger partial charge in [-0.1, -0.05) is 56.2 Å². The van der Waals surface area contributed by atoms with E-state index in [1.807, 2.05) is 36.6 Å². The van der Waals surface area contributed by atoms with Gasteiger partial charge in [-0.15, -0.1) is 0 Å². The average molecular weight is 674 g/mol. The maximum atomic E-state index is 13.9. The van der Waals surface area contributed by atoms with Gasteiger partial charge in [0.25, 0.3) is 0 Å². The number of allylic oxidation sites excluding steroid dienone is 2. The summed E-state index contributed by atoms with van der Waals surface area (Å²) >= 11 is 0. The third kappa shape index (κ3) is 8.03. The van der Waals surface area contributed by atoms with Crippen LogP contribution >= 0.6 is 0 Å². The second-order valence-electron chi connectivity index (χ2n) is 13.4. The number of ether oxygens (including phenoxy) is 1. The number of aryl methyl sites for hydroxylation is 2. The summed E-state index contributed by atoms with van der Waals surface area (Å²) in [6.07, 6.45) is 17.9. The number of H-pyrrole nitrogens is 1. The number of aromatic amines is 1. The minimum Gasteiger partial charge on any atom is -0.508 e. The van der Waals surface area contributed by atoms with E-state index in [0.717, 1.165) is 59.1 Å². The number of rotatable bonds is 15. The summed E-state index contributed by atoms with van der Waals surface area (Å²) in [4.78, 5) is 29.3. The second kappa shape index (κ2) is 16.1. The number of unbranched alkanes of at least 4 members (excludes halogenated alkanes) is 3. The highest BCUT2D eigenvalue weighted by atomic mass is 16.5. The maximum Gasteiger partial charge on any atom is 0.168 e. The lowest BCUT2D eigenvalue weighted by molar-refractivity contribution is -0.114. The van der Waals surface area contributed by atoms with Crippen LogP contribution in [0, 0.1) is 5.92 Å². The van der Waals surface area contributed by atoms with Crippen LogP contribution in [0.5, 0.6) is 17.2 Å². The van der Waals surface area contributed by atoms with E-state index in [4.69, 9.17) is 10.5 Å². The van der Waals surface area contributed by atoms with Gasteiger partial charge in [-0.25, -0.2) is 0 Å². The SMILES string of the molecule is CCCCC/C=C/C(=O)CCc1ccc(O)c(OCCc2ccc(O)c([C@H]3c4cc5c(cc4CC[C@@H]3C(=O)c3cc[nH]c3)[C@@H](N)NC=C5)c2)c1. The van der Waals surface area contributed by atoms with Crippen molar-refractivity contribution in [3.05, 3.63) is 130 Å². The van der Waals surface area contributed by atoms with Crippen LogP contribution in [0.2, 0.25) is 0 Å². The highest BCUT2D eigenvalue weighted by molar-refractivity contribution is 5.99. The van der Waals surface area contributed by atoms with Crippen molar-refractivity contribution >= 4 is 17.6 Å². The van der Waals surface area contributed by atoms with Crippen molar-refractivity contribution in [1.82, 2.24) is 10.3 Å². The Labute approximate surface area is 294 Å². The van der Waals surface area contributed by atoms with Gasteiger partial charge in [-0.2, -0.15) is 0 Å². The molecule has 1 aliphatic carbocycles. The van der Waals surface area contributed by atoms with Gasteiger partial charge < -0.3 is 31.0 Å². The Morgan fingerprint density at radius 3 is 2.58 bits per heavy atom. The summed E-state index contributed by atoms with van der Waals surface area (Å²) in [5.41, 5.74) is 13.7. The number of fused-ring (bicyclic) bond motifs is 2. The molecule has 3 aromatic carbocycles. The number of hydrogen-bond donors (Lipinski definition) is 5. The number of aromatic nitrogens is 1. The van der Waals surface area contributed by atoms with Crippen LogP contribution < -0.4 is 15.8 Å². The predicted molar refractivity (Wildman–Crippen MR) is 196 cm³/mol. The molecule has 4 aromatic rings. The first kappa shape index (κ1) is 34.8. The zero-order valence-corrected chi connectivity index (χ0v) is 28.7. The molecule has 0 unspecified atom stereocenters. The number of Topliss-reactive ketones (excluding diaryl/α,β-unsaturated/α-hetero) is 1. The van der Waals surface area contributed by atoms with Crippen LogP contribution in [0.4, 0.5) is 0 Å². The zero-order chi connectivity index (χ0) is 35.0. The number of nitrogens with two attached hydrogens (primary N) is 1. The van der Waals surface area contributed by atoms with Crippen molar-refractivity contribution in [2.24, 2.45) is 11.7 Å². The van der Waals surface area contributed by atoms with Gasteiger partial charge in [0, 0.05) is 48.2 Å². The average Bonchev–Trinajstić information content (AvgIpc) is 3.67. The number of carbonyl (C=O) groups is 2. The van der Waals surface area contributed by atoms with Crippen molar-refractivity contribution in [2.45, 2.75) is 76.8 Å². The van der Waals surface area contributed by atoms with Crippen molar-refractivity contribution in [3.63, 3.8) is 0 Å². The molecule has 0 spiro atoms. The first-order chi connectivity index (χ1) is 24.3. The smallest absolute Gasteiger partial charge is 0.168 e. The summed E-state index contributed by atoms with van der Waals surface area (Å²) in [7, 11) is 0. The van der Waals surface area contributed by atoms with Crippen molar-refractivity contribution in [1.29, 1.82) is 0 Å². The normalized spacial score (nSPS) is 18.0. The third-order valence-electron chi connectivity index (χ3n) is 9.94. The van der Waals surface area contributed by atoms with E-state index in [1.165, 1.54) is 6.42 Å². The topological polar surface area (TPSA) is 138 Å². The number of ketones is 2. The predicted octanol–water partition coefficient (Wildman–Crippen LogP) is 7.79. The number of carbonyl (C=O) groups excluding carboxylic acids is 2. The fourth-order valence-corrected chi connectivity index (χ4v) is 7.20. The molecular weight excluding hydrogens is 626 g/mol.